The van der Waals surface area contributed by atoms with E-state index in [0.29, 0.717) is 12.8 Å². The molecule has 0 aliphatic carbocycles. The summed E-state index contributed by atoms with van der Waals surface area (Å²) in [5, 5.41) is 6.52. The van der Waals surface area contributed by atoms with Crippen LogP contribution in [0.4, 0.5) is 0 Å². The maximum absolute atomic E-state index is 13.2. The van der Waals surface area contributed by atoms with Crippen molar-refractivity contribution in [1.82, 2.24) is 19.4 Å². The second kappa shape index (κ2) is 7.44. The lowest BCUT2D eigenvalue weighted by molar-refractivity contribution is -0.134. The molecule has 1 N–H and O–H groups in total. The lowest BCUT2D eigenvalue weighted by Gasteiger charge is -2.21. The molecule has 3 aromatic rings. The second-order valence-corrected chi connectivity index (χ2v) is 9.69. The van der Waals surface area contributed by atoms with Gasteiger partial charge in [-0.2, -0.15) is 9.40 Å². The van der Waals surface area contributed by atoms with Crippen molar-refractivity contribution < 1.29 is 18.0 Å². The van der Waals surface area contributed by atoms with Gasteiger partial charge in [0.15, 0.2) is 0 Å². The number of piperidine rings is 1. The lowest BCUT2D eigenvalue weighted by atomic mass is 9.89. The summed E-state index contributed by atoms with van der Waals surface area (Å²) in [6.07, 6.45) is 4.23. The van der Waals surface area contributed by atoms with Crippen molar-refractivity contribution in [2.24, 2.45) is 0 Å². The van der Waals surface area contributed by atoms with Crippen molar-refractivity contribution in [3.8, 4) is 5.69 Å². The van der Waals surface area contributed by atoms with Crippen molar-refractivity contribution in [1.29, 1.82) is 0 Å². The first-order valence-corrected chi connectivity index (χ1v) is 11.4. The van der Waals surface area contributed by atoms with E-state index in [1.54, 1.807) is 47.4 Å². The quantitative estimate of drug-likeness (QED) is 0.631. The Balaban J connectivity index is 1.36. The van der Waals surface area contributed by atoms with E-state index in [1.807, 2.05) is 18.2 Å². The first kappa shape index (κ1) is 19.7. The molecule has 1 saturated heterocycles. The van der Waals surface area contributed by atoms with Crippen LogP contribution in [0.25, 0.3) is 5.69 Å². The summed E-state index contributed by atoms with van der Waals surface area (Å²) >= 11 is 0. The molecule has 9 heteroatoms. The zero-order valence-corrected chi connectivity index (χ0v) is 17.4. The highest BCUT2D eigenvalue weighted by Gasteiger charge is 2.33. The Hall–Kier alpha value is -3.30. The number of carbonyl (C=O) groups is 2. The fraction of sp³-hybridized carbons (Fsp3) is 0.227. The summed E-state index contributed by atoms with van der Waals surface area (Å²) in [5.41, 5.74) is 3.40. The highest BCUT2D eigenvalue weighted by atomic mass is 32.2. The van der Waals surface area contributed by atoms with Crippen LogP contribution in [0.2, 0.25) is 0 Å². The summed E-state index contributed by atoms with van der Waals surface area (Å²) < 4.78 is 29.5. The molecule has 1 unspecified atom stereocenters. The number of sulfonamides is 1. The molecule has 158 valence electrons. The number of nitrogens with zero attached hydrogens (tertiary/aromatic N) is 3. The van der Waals surface area contributed by atoms with Crippen LogP contribution in [0.15, 0.2) is 65.8 Å². The molecular weight excluding hydrogens is 416 g/mol. The fourth-order valence-electron chi connectivity index (χ4n) is 4.12. The van der Waals surface area contributed by atoms with Gasteiger partial charge in [-0.05, 0) is 53.4 Å². The highest BCUT2D eigenvalue weighted by Crippen LogP contribution is 2.33. The number of rotatable bonds is 4. The van der Waals surface area contributed by atoms with Crippen molar-refractivity contribution >= 4 is 21.8 Å². The number of carbonyl (C=O) groups excluding carboxylic acids is 2. The van der Waals surface area contributed by atoms with Crippen molar-refractivity contribution in [2.75, 3.05) is 0 Å². The minimum absolute atomic E-state index is 0.224. The molecule has 0 saturated carbocycles. The maximum atomic E-state index is 13.2. The summed E-state index contributed by atoms with van der Waals surface area (Å²) in [4.78, 5) is 23.8. The Labute approximate surface area is 179 Å². The predicted octanol–water partition coefficient (Wildman–Crippen LogP) is 2.10. The molecule has 3 heterocycles. The standard InChI is InChI=1S/C22H20N4O4S/c27-21-9-8-20(22(28)24-21)15-2-3-16-13-25(14-17(16)12-15)31(29,30)19-6-4-18(5-7-19)26-11-1-10-23-26/h1-7,10-12,20H,8-9,13-14H2,(H,24,27,28). The minimum atomic E-state index is -3.67. The monoisotopic (exact) mass is 436 g/mol. The van der Waals surface area contributed by atoms with Crippen LogP contribution in [-0.4, -0.2) is 34.3 Å². The number of hydrogen-bond donors (Lipinski definition) is 1. The van der Waals surface area contributed by atoms with Gasteiger partial charge in [-0.25, -0.2) is 13.1 Å². The van der Waals surface area contributed by atoms with Gasteiger partial charge in [0.2, 0.25) is 21.8 Å². The average molecular weight is 436 g/mol. The van der Waals surface area contributed by atoms with E-state index < -0.39 is 10.0 Å². The third-order valence-electron chi connectivity index (χ3n) is 5.81. The molecule has 8 nitrogen and oxygen atoms in total. The Kier molecular flexibility index (Phi) is 4.71. The second-order valence-electron chi connectivity index (χ2n) is 7.75. The largest absolute Gasteiger partial charge is 0.296 e. The van der Waals surface area contributed by atoms with Gasteiger partial charge in [-0.1, -0.05) is 18.2 Å². The van der Waals surface area contributed by atoms with E-state index in [4.69, 9.17) is 0 Å². The number of fused-ring (bicyclic) bond motifs is 1. The van der Waals surface area contributed by atoms with Gasteiger partial charge < -0.3 is 0 Å². The number of nitrogens with one attached hydrogen (secondary N) is 1. The normalized spacial score (nSPS) is 19.3. The molecule has 2 aliphatic heterocycles. The predicted molar refractivity (Wildman–Crippen MR) is 112 cm³/mol. The van der Waals surface area contributed by atoms with Gasteiger partial charge in [-0.15, -0.1) is 0 Å². The lowest BCUT2D eigenvalue weighted by Crippen LogP contribution is -2.39. The van der Waals surface area contributed by atoms with Crippen molar-refractivity contribution in [3.05, 3.63) is 77.6 Å². The molecule has 31 heavy (non-hydrogen) atoms. The van der Waals surface area contributed by atoms with Crippen LogP contribution in [0, 0.1) is 0 Å². The molecule has 1 fully saturated rings. The first-order valence-electron chi connectivity index (χ1n) is 9.97. The van der Waals surface area contributed by atoms with Crippen molar-refractivity contribution in [3.63, 3.8) is 0 Å². The number of imide groups is 1. The van der Waals surface area contributed by atoms with E-state index in [0.717, 1.165) is 22.4 Å². The summed E-state index contributed by atoms with van der Waals surface area (Å²) in [6, 6.07) is 14.1. The van der Waals surface area contributed by atoms with E-state index in [2.05, 4.69) is 10.4 Å². The molecular formula is C22H20N4O4S. The van der Waals surface area contributed by atoms with Crippen LogP contribution >= 0.6 is 0 Å². The van der Waals surface area contributed by atoms with E-state index in [1.165, 1.54) is 4.31 Å². The zero-order chi connectivity index (χ0) is 21.6. The minimum Gasteiger partial charge on any atom is -0.296 e. The van der Waals surface area contributed by atoms with Gasteiger partial charge >= 0.3 is 0 Å². The molecule has 2 amide bonds. The van der Waals surface area contributed by atoms with Crippen LogP contribution in [0.5, 0.6) is 0 Å². The van der Waals surface area contributed by atoms with E-state index >= 15 is 0 Å². The van der Waals surface area contributed by atoms with E-state index in [-0.39, 0.29) is 35.7 Å². The first-order chi connectivity index (χ1) is 14.9. The van der Waals surface area contributed by atoms with Gasteiger partial charge in [0.1, 0.15) is 0 Å². The molecule has 5 rings (SSSR count). The smallest absolute Gasteiger partial charge is 0.243 e. The summed E-state index contributed by atoms with van der Waals surface area (Å²) in [7, 11) is -3.67. The SMILES string of the molecule is O=C1CCC(c2ccc3c(c2)CN(S(=O)(=O)c2ccc(-n4cccn4)cc2)C3)C(=O)N1. The third kappa shape index (κ3) is 3.55. The fourth-order valence-corrected chi connectivity index (χ4v) is 5.52. The third-order valence-corrected chi connectivity index (χ3v) is 7.61. The van der Waals surface area contributed by atoms with Crippen LogP contribution < -0.4 is 5.32 Å². The van der Waals surface area contributed by atoms with Crippen LogP contribution in [0.1, 0.15) is 35.4 Å². The molecule has 2 aliphatic rings. The Morgan fingerprint density at radius 1 is 1.00 bits per heavy atom. The Bertz CT molecular complexity index is 1270. The Morgan fingerprint density at radius 2 is 1.77 bits per heavy atom. The molecule has 0 radical (unpaired) electrons. The average Bonchev–Trinajstić information content (AvgIpc) is 3.44. The van der Waals surface area contributed by atoms with Crippen molar-refractivity contribution in [2.45, 2.75) is 36.7 Å². The van der Waals surface area contributed by atoms with Gasteiger partial charge in [0.05, 0.1) is 16.5 Å². The number of aromatic nitrogens is 2. The van der Waals surface area contributed by atoms with Gasteiger partial charge in [0, 0.05) is 31.9 Å². The Morgan fingerprint density at radius 3 is 2.48 bits per heavy atom. The summed E-state index contributed by atoms with van der Waals surface area (Å²) in [6.45, 7) is 0.536. The molecule has 1 aromatic heterocycles. The van der Waals surface area contributed by atoms with Gasteiger partial charge in [-0.3, -0.25) is 14.9 Å². The number of hydrogen-bond acceptors (Lipinski definition) is 5. The zero-order valence-electron chi connectivity index (χ0n) is 16.6. The highest BCUT2D eigenvalue weighted by molar-refractivity contribution is 7.89. The number of amides is 2. The molecule has 0 bridgehead atoms. The topological polar surface area (TPSA) is 101 Å². The molecule has 1 atom stereocenters. The number of benzene rings is 2. The summed E-state index contributed by atoms with van der Waals surface area (Å²) in [5.74, 6) is -0.933. The van der Waals surface area contributed by atoms with Crippen LogP contribution in [0.3, 0.4) is 0 Å². The van der Waals surface area contributed by atoms with E-state index in [9.17, 15) is 18.0 Å². The molecule has 0 spiro atoms. The maximum Gasteiger partial charge on any atom is 0.243 e. The van der Waals surface area contributed by atoms with Gasteiger partial charge in [0.25, 0.3) is 0 Å². The van der Waals surface area contributed by atoms with Crippen LogP contribution in [-0.2, 0) is 32.7 Å². The molecule has 2 aromatic carbocycles.